The molecule has 0 radical (unpaired) electrons. The molecule has 0 aliphatic heterocycles. The molecule has 0 aliphatic rings. The second-order valence-electron chi connectivity index (χ2n) is 7.82. The SMILES string of the molecule is Cc1ccc(C(C#N)=CC(C(=O)OCc2cccc(Oc3ccccc3)n2)C(C)C)cc1. The van der Waals surface area contributed by atoms with Crippen LogP contribution < -0.4 is 4.74 Å². The van der Waals surface area contributed by atoms with Gasteiger partial charge in [-0.3, -0.25) is 4.79 Å². The van der Waals surface area contributed by atoms with Crippen molar-refractivity contribution in [2.24, 2.45) is 11.8 Å². The Morgan fingerprint density at radius 1 is 1.03 bits per heavy atom. The smallest absolute Gasteiger partial charge is 0.313 e. The average Bonchev–Trinajstić information content (AvgIpc) is 2.80. The van der Waals surface area contributed by atoms with Gasteiger partial charge in [-0.15, -0.1) is 0 Å². The van der Waals surface area contributed by atoms with Crippen molar-refractivity contribution in [2.75, 3.05) is 0 Å². The largest absolute Gasteiger partial charge is 0.459 e. The Kier molecular flexibility index (Phi) is 7.77. The molecule has 0 spiro atoms. The summed E-state index contributed by atoms with van der Waals surface area (Å²) in [5.41, 5.74) is 2.93. The van der Waals surface area contributed by atoms with Crippen molar-refractivity contribution in [3.63, 3.8) is 0 Å². The number of ether oxygens (including phenoxy) is 2. The molecule has 0 amide bonds. The normalized spacial score (nSPS) is 12.2. The van der Waals surface area contributed by atoms with Crippen LogP contribution in [0.25, 0.3) is 5.57 Å². The van der Waals surface area contributed by atoms with E-state index in [9.17, 15) is 10.1 Å². The molecule has 1 heterocycles. The van der Waals surface area contributed by atoms with Crippen molar-refractivity contribution < 1.29 is 14.3 Å². The van der Waals surface area contributed by atoms with E-state index in [2.05, 4.69) is 11.1 Å². The first kappa shape index (κ1) is 22.8. The number of allylic oxidation sites excluding steroid dienone is 1. The molecular formula is C27H26N2O3. The van der Waals surface area contributed by atoms with Crippen molar-refractivity contribution in [1.29, 1.82) is 5.26 Å². The van der Waals surface area contributed by atoms with Crippen LogP contribution in [0.5, 0.6) is 11.6 Å². The van der Waals surface area contributed by atoms with Gasteiger partial charge in [-0.1, -0.05) is 74.0 Å². The van der Waals surface area contributed by atoms with Gasteiger partial charge in [-0.2, -0.15) is 5.26 Å². The Morgan fingerprint density at radius 2 is 1.75 bits per heavy atom. The maximum absolute atomic E-state index is 12.8. The summed E-state index contributed by atoms with van der Waals surface area (Å²) in [6, 6.07) is 24.5. The van der Waals surface area contributed by atoms with Gasteiger partial charge in [0.25, 0.3) is 0 Å². The van der Waals surface area contributed by atoms with E-state index in [-0.39, 0.29) is 12.5 Å². The van der Waals surface area contributed by atoms with Crippen LogP contribution in [0.3, 0.4) is 0 Å². The van der Waals surface area contributed by atoms with Crippen molar-refractivity contribution in [3.05, 3.63) is 95.7 Å². The highest BCUT2D eigenvalue weighted by atomic mass is 16.5. The lowest BCUT2D eigenvalue weighted by Crippen LogP contribution is -2.21. The fourth-order valence-corrected chi connectivity index (χ4v) is 3.09. The van der Waals surface area contributed by atoms with Gasteiger partial charge < -0.3 is 9.47 Å². The molecule has 3 rings (SSSR count). The Hall–Kier alpha value is -3.91. The second kappa shape index (κ2) is 10.9. The molecule has 0 bridgehead atoms. The van der Waals surface area contributed by atoms with E-state index < -0.39 is 11.9 Å². The summed E-state index contributed by atoms with van der Waals surface area (Å²) in [6.07, 6.45) is 1.69. The van der Waals surface area contributed by atoms with Crippen molar-refractivity contribution >= 4 is 11.5 Å². The van der Waals surface area contributed by atoms with E-state index in [1.54, 1.807) is 24.3 Å². The highest BCUT2D eigenvalue weighted by Gasteiger charge is 2.23. The van der Waals surface area contributed by atoms with Gasteiger partial charge in [0.1, 0.15) is 12.4 Å². The molecule has 5 nitrogen and oxygen atoms in total. The topological polar surface area (TPSA) is 72.2 Å². The first-order valence-electron chi connectivity index (χ1n) is 10.5. The fraction of sp³-hybridized carbons (Fsp3) is 0.222. The van der Waals surface area contributed by atoms with Gasteiger partial charge in [0, 0.05) is 6.07 Å². The van der Waals surface area contributed by atoms with E-state index in [4.69, 9.17) is 9.47 Å². The number of carbonyl (C=O) groups is 1. The van der Waals surface area contributed by atoms with Gasteiger partial charge in [-0.05, 0) is 36.6 Å². The lowest BCUT2D eigenvalue weighted by atomic mass is 9.91. The van der Waals surface area contributed by atoms with Gasteiger partial charge >= 0.3 is 5.97 Å². The van der Waals surface area contributed by atoms with Crippen LogP contribution in [0.15, 0.2) is 78.9 Å². The molecule has 5 heteroatoms. The molecule has 162 valence electrons. The number of esters is 1. The summed E-state index contributed by atoms with van der Waals surface area (Å²) in [7, 11) is 0. The van der Waals surface area contributed by atoms with E-state index in [1.807, 2.05) is 75.4 Å². The Morgan fingerprint density at radius 3 is 2.41 bits per heavy atom. The zero-order valence-corrected chi connectivity index (χ0v) is 18.5. The number of aromatic nitrogens is 1. The third kappa shape index (κ3) is 6.29. The first-order chi connectivity index (χ1) is 15.5. The zero-order chi connectivity index (χ0) is 22.9. The predicted octanol–water partition coefficient (Wildman–Crippen LogP) is 6.10. The van der Waals surface area contributed by atoms with E-state index in [0.29, 0.717) is 22.9 Å². The lowest BCUT2D eigenvalue weighted by molar-refractivity contribution is -0.149. The van der Waals surface area contributed by atoms with Crippen LogP contribution in [0, 0.1) is 30.1 Å². The number of para-hydroxylation sites is 1. The quantitative estimate of drug-likeness (QED) is 0.321. The Labute approximate surface area is 189 Å². The summed E-state index contributed by atoms with van der Waals surface area (Å²) in [6.45, 7) is 5.87. The number of carbonyl (C=O) groups excluding carboxylic acids is 1. The monoisotopic (exact) mass is 426 g/mol. The minimum Gasteiger partial charge on any atom is -0.459 e. The maximum atomic E-state index is 12.8. The van der Waals surface area contributed by atoms with Crippen LogP contribution in [-0.2, 0) is 16.1 Å². The summed E-state index contributed by atoms with van der Waals surface area (Å²) in [4.78, 5) is 17.2. The summed E-state index contributed by atoms with van der Waals surface area (Å²) in [5, 5.41) is 9.63. The third-order valence-corrected chi connectivity index (χ3v) is 4.93. The molecule has 3 aromatic rings. The fourth-order valence-electron chi connectivity index (χ4n) is 3.09. The van der Waals surface area contributed by atoms with Crippen LogP contribution in [0.1, 0.15) is 30.7 Å². The number of hydrogen-bond acceptors (Lipinski definition) is 5. The van der Waals surface area contributed by atoms with Crippen LogP contribution >= 0.6 is 0 Å². The molecule has 0 N–H and O–H groups in total. The minimum atomic E-state index is -0.547. The molecule has 0 aliphatic carbocycles. The third-order valence-electron chi connectivity index (χ3n) is 4.93. The minimum absolute atomic E-state index is 0.0221. The average molecular weight is 427 g/mol. The van der Waals surface area contributed by atoms with Crippen molar-refractivity contribution in [3.8, 4) is 17.7 Å². The number of rotatable bonds is 8. The standard InChI is InChI=1S/C27H26N2O3/c1-19(2)25(16-22(17-28)21-14-12-20(3)13-15-21)27(30)31-18-23-8-7-11-26(29-23)32-24-9-5-4-6-10-24/h4-16,19,25H,18H2,1-3H3. The Bertz CT molecular complexity index is 1110. The molecule has 0 saturated carbocycles. The summed E-state index contributed by atoms with van der Waals surface area (Å²) >= 11 is 0. The van der Waals surface area contributed by atoms with Crippen molar-refractivity contribution in [1.82, 2.24) is 4.98 Å². The van der Waals surface area contributed by atoms with Gasteiger partial charge in [0.2, 0.25) is 5.88 Å². The number of nitriles is 1. The van der Waals surface area contributed by atoms with E-state index in [0.717, 1.165) is 11.1 Å². The van der Waals surface area contributed by atoms with Crippen LogP contribution in [-0.4, -0.2) is 11.0 Å². The van der Waals surface area contributed by atoms with Gasteiger partial charge in [-0.25, -0.2) is 4.98 Å². The summed E-state index contributed by atoms with van der Waals surface area (Å²) in [5.74, 6) is 0.137. The highest BCUT2D eigenvalue weighted by Crippen LogP contribution is 2.23. The first-order valence-corrected chi connectivity index (χ1v) is 10.5. The molecule has 1 atom stereocenters. The van der Waals surface area contributed by atoms with E-state index >= 15 is 0 Å². The molecular weight excluding hydrogens is 400 g/mol. The van der Waals surface area contributed by atoms with Crippen molar-refractivity contribution in [2.45, 2.75) is 27.4 Å². The van der Waals surface area contributed by atoms with Gasteiger partial charge in [0.05, 0.1) is 23.3 Å². The molecule has 0 fully saturated rings. The maximum Gasteiger partial charge on any atom is 0.313 e. The second-order valence-corrected chi connectivity index (χ2v) is 7.82. The molecule has 0 saturated heterocycles. The predicted molar refractivity (Wildman–Crippen MR) is 124 cm³/mol. The number of aryl methyl sites for hydroxylation is 1. The van der Waals surface area contributed by atoms with Crippen LogP contribution in [0.2, 0.25) is 0 Å². The molecule has 32 heavy (non-hydrogen) atoms. The summed E-state index contributed by atoms with van der Waals surface area (Å²) < 4.78 is 11.3. The molecule has 1 unspecified atom stereocenters. The zero-order valence-electron chi connectivity index (χ0n) is 18.5. The molecule has 1 aromatic heterocycles. The number of benzene rings is 2. The van der Waals surface area contributed by atoms with E-state index in [1.165, 1.54) is 0 Å². The number of hydrogen-bond donors (Lipinski definition) is 0. The highest BCUT2D eigenvalue weighted by molar-refractivity contribution is 5.83. The Balaban J connectivity index is 1.69. The number of nitrogens with zero attached hydrogens (tertiary/aromatic N) is 2. The van der Waals surface area contributed by atoms with Gasteiger partial charge in [0.15, 0.2) is 0 Å². The number of pyridine rings is 1. The lowest BCUT2D eigenvalue weighted by Gasteiger charge is -2.17. The van der Waals surface area contributed by atoms with Crippen LogP contribution in [0.4, 0.5) is 0 Å². The molecule has 2 aromatic carbocycles.